The van der Waals surface area contributed by atoms with Crippen molar-refractivity contribution in [2.24, 2.45) is 0 Å². The zero-order valence-electron chi connectivity index (χ0n) is 13.6. The van der Waals surface area contributed by atoms with E-state index in [2.05, 4.69) is 0 Å². The smallest absolute Gasteiger partial charge is 0.348 e. The molecule has 1 aromatic carbocycles. The van der Waals surface area contributed by atoms with Crippen molar-refractivity contribution in [1.82, 2.24) is 4.90 Å². The minimum atomic E-state index is -4.66. The maximum absolute atomic E-state index is 13.2. The quantitative estimate of drug-likeness (QED) is 0.604. The molecular weight excluding hydrogens is 329 g/mol. The highest BCUT2D eigenvalue weighted by molar-refractivity contribution is 5.41. The molecule has 0 aliphatic carbocycles. The number of hydrogen-bond donors (Lipinski definition) is 0. The van der Waals surface area contributed by atoms with Gasteiger partial charge in [-0.15, -0.1) is 0 Å². The first-order valence-corrected chi connectivity index (χ1v) is 7.33. The highest BCUT2D eigenvalue weighted by Gasteiger charge is 2.36. The molecule has 1 unspecified atom stereocenters. The maximum Gasteiger partial charge on any atom is 0.416 e. The Balaban J connectivity index is 2.12. The number of hydrogen-bond acceptors (Lipinski definition) is 5. The van der Waals surface area contributed by atoms with Crippen LogP contribution in [0.2, 0.25) is 0 Å². The first-order chi connectivity index (χ1) is 11.0. The van der Waals surface area contributed by atoms with Gasteiger partial charge in [-0.25, -0.2) is 0 Å². The van der Waals surface area contributed by atoms with Crippen molar-refractivity contribution in [3.63, 3.8) is 0 Å². The molecule has 1 aromatic rings. The van der Waals surface area contributed by atoms with Crippen LogP contribution >= 0.6 is 0 Å². The van der Waals surface area contributed by atoms with Gasteiger partial charge in [0.1, 0.15) is 0 Å². The number of benzene rings is 1. The van der Waals surface area contributed by atoms with Crippen LogP contribution in [0.15, 0.2) is 18.2 Å². The Hall–Kier alpha value is -1.71. The van der Waals surface area contributed by atoms with E-state index in [9.17, 15) is 23.3 Å². The lowest BCUT2D eigenvalue weighted by Gasteiger charge is -2.23. The van der Waals surface area contributed by atoms with Crippen molar-refractivity contribution in [2.75, 3.05) is 20.2 Å². The molecule has 1 heterocycles. The second-order valence-electron chi connectivity index (χ2n) is 6.24. The van der Waals surface area contributed by atoms with Crippen molar-refractivity contribution < 1.29 is 27.6 Å². The van der Waals surface area contributed by atoms with E-state index in [1.54, 1.807) is 25.8 Å². The highest BCUT2D eigenvalue weighted by atomic mass is 19.4. The lowest BCUT2D eigenvalue weighted by molar-refractivity contribution is -0.385. The van der Waals surface area contributed by atoms with Crippen molar-refractivity contribution in [1.29, 1.82) is 0 Å². The molecule has 1 aliphatic rings. The number of nitro benzene ring substituents is 1. The molecule has 1 saturated heterocycles. The summed E-state index contributed by atoms with van der Waals surface area (Å²) in [5.41, 5.74) is -1.59. The zero-order chi connectivity index (χ0) is 18.1. The number of nitrogens with zero attached hydrogens (tertiary/aromatic N) is 2. The predicted molar refractivity (Wildman–Crippen MR) is 79.3 cm³/mol. The van der Waals surface area contributed by atoms with Crippen molar-refractivity contribution in [3.05, 3.63) is 39.4 Å². The molecule has 1 atom stereocenters. The van der Waals surface area contributed by atoms with Gasteiger partial charge >= 0.3 is 6.18 Å². The Labute approximate surface area is 137 Å². The molecule has 9 heteroatoms. The summed E-state index contributed by atoms with van der Waals surface area (Å²) in [6.45, 7) is 4.28. The van der Waals surface area contributed by atoms with Gasteiger partial charge in [-0.1, -0.05) is 6.07 Å². The molecular formula is C15H19F3N2O4. The molecule has 0 amide bonds. The second-order valence-corrected chi connectivity index (χ2v) is 6.24. The summed E-state index contributed by atoms with van der Waals surface area (Å²) in [5.74, 6) is -0.698. The zero-order valence-corrected chi connectivity index (χ0v) is 13.6. The summed E-state index contributed by atoms with van der Waals surface area (Å²) in [6, 6.07) is 2.80. The Morgan fingerprint density at radius 3 is 2.58 bits per heavy atom. The molecule has 24 heavy (non-hydrogen) atoms. The fourth-order valence-electron chi connectivity index (χ4n) is 2.64. The Kier molecular flexibility index (Phi) is 5.17. The molecule has 0 saturated carbocycles. The number of likely N-dealkylation sites (N-methyl/N-ethyl adjacent to an activating group) is 1. The van der Waals surface area contributed by atoms with Crippen LogP contribution in [0, 0.1) is 10.1 Å². The van der Waals surface area contributed by atoms with Gasteiger partial charge in [0, 0.05) is 25.2 Å². The number of alkyl halides is 3. The van der Waals surface area contributed by atoms with Gasteiger partial charge in [0.05, 0.1) is 23.2 Å². The van der Waals surface area contributed by atoms with Gasteiger partial charge in [0.15, 0.2) is 5.79 Å². The van der Waals surface area contributed by atoms with Crippen molar-refractivity contribution in [2.45, 2.75) is 38.5 Å². The van der Waals surface area contributed by atoms with Crippen LogP contribution < -0.4 is 0 Å². The number of halogens is 3. The fraction of sp³-hybridized carbons (Fsp3) is 0.600. The summed E-state index contributed by atoms with van der Waals surface area (Å²) in [6.07, 6.45) is -4.89. The highest BCUT2D eigenvalue weighted by Crippen LogP contribution is 2.35. The molecule has 134 valence electrons. The maximum atomic E-state index is 13.2. The van der Waals surface area contributed by atoms with Crippen LogP contribution in [0.25, 0.3) is 0 Å². The largest absolute Gasteiger partial charge is 0.416 e. The Bertz CT molecular complexity index is 619. The van der Waals surface area contributed by atoms with E-state index in [-0.39, 0.29) is 18.2 Å². The fourth-order valence-corrected chi connectivity index (χ4v) is 2.64. The summed E-state index contributed by atoms with van der Waals surface area (Å²) in [7, 11) is 1.66. The van der Waals surface area contributed by atoms with E-state index in [1.165, 1.54) is 0 Å². The van der Waals surface area contributed by atoms with Crippen LogP contribution in [-0.4, -0.2) is 41.9 Å². The number of non-ortho nitro benzene ring substituents is 1. The normalized spacial score (nSPS) is 20.5. The topological polar surface area (TPSA) is 64.8 Å². The van der Waals surface area contributed by atoms with E-state index >= 15 is 0 Å². The van der Waals surface area contributed by atoms with E-state index in [0.717, 1.165) is 12.1 Å². The molecule has 6 nitrogen and oxygen atoms in total. The molecule has 0 bridgehead atoms. The molecule has 0 radical (unpaired) electrons. The molecule has 0 N–H and O–H groups in total. The molecule has 1 fully saturated rings. The molecule has 0 aromatic heterocycles. The average molecular weight is 348 g/mol. The van der Waals surface area contributed by atoms with Crippen LogP contribution in [0.3, 0.4) is 0 Å². The van der Waals surface area contributed by atoms with Gasteiger partial charge < -0.3 is 9.47 Å². The van der Waals surface area contributed by atoms with E-state index in [0.29, 0.717) is 19.2 Å². The van der Waals surface area contributed by atoms with Gasteiger partial charge in [-0.3, -0.25) is 15.0 Å². The third kappa shape index (κ3) is 4.65. The van der Waals surface area contributed by atoms with Gasteiger partial charge in [0.25, 0.3) is 5.69 Å². The van der Waals surface area contributed by atoms with E-state index < -0.39 is 28.1 Å². The number of ether oxygens (including phenoxy) is 2. The summed E-state index contributed by atoms with van der Waals surface area (Å²) < 4.78 is 50.5. The van der Waals surface area contributed by atoms with E-state index in [4.69, 9.17) is 9.47 Å². The summed E-state index contributed by atoms with van der Waals surface area (Å²) in [4.78, 5) is 11.5. The Morgan fingerprint density at radius 2 is 2.08 bits per heavy atom. The SMILES string of the molecule is CN(Cc1ccc([N+](=O)[O-])cc1C(F)(F)F)CC1COC(C)(C)O1. The third-order valence-electron chi connectivity index (χ3n) is 3.63. The molecule has 0 spiro atoms. The van der Waals surface area contributed by atoms with Gasteiger partial charge in [0.2, 0.25) is 0 Å². The second kappa shape index (κ2) is 6.66. The first kappa shape index (κ1) is 18.6. The van der Waals surface area contributed by atoms with E-state index in [1.807, 2.05) is 0 Å². The van der Waals surface area contributed by atoms with Crippen LogP contribution in [0.4, 0.5) is 18.9 Å². The minimum Gasteiger partial charge on any atom is -0.348 e. The van der Waals surface area contributed by atoms with Gasteiger partial charge in [-0.2, -0.15) is 13.2 Å². The monoisotopic (exact) mass is 348 g/mol. The van der Waals surface area contributed by atoms with Gasteiger partial charge in [-0.05, 0) is 26.5 Å². The number of rotatable bonds is 5. The van der Waals surface area contributed by atoms with Crippen molar-refractivity contribution >= 4 is 5.69 Å². The standard InChI is InChI=1S/C15H19F3N2O4/c1-14(2)23-9-12(24-14)8-19(3)7-10-4-5-11(20(21)22)6-13(10)15(16,17)18/h4-6,12H,7-9H2,1-3H3. The van der Waals surface area contributed by atoms with Crippen LogP contribution in [0.5, 0.6) is 0 Å². The number of nitro groups is 1. The third-order valence-corrected chi connectivity index (χ3v) is 3.63. The lowest BCUT2D eigenvalue weighted by atomic mass is 10.1. The molecule has 1 aliphatic heterocycles. The summed E-state index contributed by atoms with van der Waals surface area (Å²) >= 11 is 0. The molecule has 2 rings (SSSR count). The van der Waals surface area contributed by atoms with Crippen molar-refractivity contribution in [3.8, 4) is 0 Å². The average Bonchev–Trinajstić information content (AvgIpc) is 2.76. The minimum absolute atomic E-state index is 0.00682. The Morgan fingerprint density at radius 1 is 1.42 bits per heavy atom. The predicted octanol–water partition coefficient (Wildman–Crippen LogP) is 3.20. The first-order valence-electron chi connectivity index (χ1n) is 7.33. The summed E-state index contributed by atoms with van der Waals surface area (Å²) in [5, 5.41) is 10.7. The van der Waals surface area contributed by atoms with Crippen LogP contribution in [-0.2, 0) is 22.2 Å². The van der Waals surface area contributed by atoms with Crippen LogP contribution in [0.1, 0.15) is 25.0 Å². The lowest BCUT2D eigenvalue weighted by Crippen LogP contribution is -2.32.